The molecule has 1 amide bonds. The van der Waals surface area contributed by atoms with Gasteiger partial charge in [0.05, 0.1) is 11.5 Å². The molecule has 2 N–H and O–H groups in total. The summed E-state index contributed by atoms with van der Waals surface area (Å²) < 4.78 is 39.1. The summed E-state index contributed by atoms with van der Waals surface area (Å²) in [5.41, 5.74) is 2.28. The average Bonchev–Trinajstić information content (AvgIpc) is 2.84. The molecule has 186 valence electrons. The molecule has 0 saturated carbocycles. The highest BCUT2D eigenvalue weighted by Crippen LogP contribution is 2.24. The van der Waals surface area contributed by atoms with Gasteiger partial charge in [-0.2, -0.15) is 0 Å². The maximum absolute atomic E-state index is 12.8. The second-order valence-corrected chi connectivity index (χ2v) is 9.95. The van der Waals surface area contributed by atoms with Crippen molar-refractivity contribution in [2.45, 2.75) is 44.6 Å². The summed E-state index contributed by atoms with van der Waals surface area (Å²) in [6.45, 7) is 5.97. The van der Waals surface area contributed by atoms with Crippen molar-refractivity contribution in [1.82, 2.24) is 5.32 Å². The van der Waals surface area contributed by atoms with Crippen molar-refractivity contribution in [2.75, 3.05) is 17.9 Å². The van der Waals surface area contributed by atoms with Crippen LogP contribution in [0.2, 0.25) is 0 Å². The zero-order chi connectivity index (χ0) is 25.3. The van der Waals surface area contributed by atoms with Crippen molar-refractivity contribution in [1.29, 1.82) is 0 Å². The number of nitrogens with one attached hydrogen (secondary N) is 2. The normalized spacial score (nSPS) is 12.0. The van der Waals surface area contributed by atoms with Gasteiger partial charge in [-0.05, 0) is 87.2 Å². The van der Waals surface area contributed by atoms with Gasteiger partial charge in [-0.1, -0.05) is 30.3 Å². The summed E-state index contributed by atoms with van der Waals surface area (Å²) in [5, 5.41) is 2.94. The van der Waals surface area contributed by atoms with Gasteiger partial charge in [0, 0.05) is 11.7 Å². The first-order chi connectivity index (χ1) is 16.8. The molecule has 0 radical (unpaired) electrons. The van der Waals surface area contributed by atoms with E-state index in [9.17, 15) is 13.2 Å². The smallest absolute Gasteiger partial charge is 0.261 e. The second kappa shape index (κ2) is 12.3. The summed E-state index contributed by atoms with van der Waals surface area (Å²) in [4.78, 5) is 12.4. The van der Waals surface area contributed by atoms with Gasteiger partial charge in [-0.25, -0.2) is 8.42 Å². The number of amides is 1. The first kappa shape index (κ1) is 26.1. The number of anilines is 1. The SMILES string of the molecule is CCOc1ccc(NS(=O)(=O)c2ccc(OCC(=O)N[C@H](C)CCc3ccccc3)c(C)c2)cc1. The maximum atomic E-state index is 12.8. The Morgan fingerprint density at radius 1 is 0.971 bits per heavy atom. The van der Waals surface area contributed by atoms with E-state index < -0.39 is 10.0 Å². The largest absolute Gasteiger partial charge is 0.494 e. The van der Waals surface area contributed by atoms with E-state index in [4.69, 9.17) is 9.47 Å². The third-order valence-corrected chi connectivity index (χ3v) is 6.73. The number of sulfonamides is 1. The van der Waals surface area contributed by atoms with Crippen molar-refractivity contribution in [3.63, 3.8) is 0 Å². The summed E-state index contributed by atoms with van der Waals surface area (Å²) in [5.74, 6) is 0.901. The molecule has 0 unspecified atom stereocenters. The van der Waals surface area contributed by atoms with Crippen LogP contribution in [0.4, 0.5) is 5.69 Å². The van der Waals surface area contributed by atoms with E-state index in [1.807, 2.05) is 32.0 Å². The third kappa shape index (κ3) is 8.03. The Bertz CT molecular complexity index is 1210. The van der Waals surface area contributed by atoms with E-state index in [-0.39, 0.29) is 23.5 Å². The molecule has 0 aromatic heterocycles. The van der Waals surface area contributed by atoms with Gasteiger partial charge in [0.1, 0.15) is 11.5 Å². The predicted octanol–water partition coefficient (Wildman–Crippen LogP) is 4.71. The Kier molecular flexibility index (Phi) is 9.14. The van der Waals surface area contributed by atoms with Crippen LogP contribution in [0.25, 0.3) is 0 Å². The highest BCUT2D eigenvalue weighted by molar-refractivity contribution is 7.92. The van der Waals surface area contributed by atoms with Crippen LogP contribution in [0.5, 0.6) is 11.5 Å². The third-order valence-electron chi connectivity index (χ3n) is 5.35. The monoisotopic (exact) mass is 496 g/mol. The van der Waals surface area contributed by atoms with Gasteiger partial charge in [-0.3, -0.25) is 9.52 Å². The molecule has 0 aliphatic rings. The van der Waals surface area contributed by atoms with Crippen LogP contribution in [0.3, 0.4) is 0 Å². The first-order valence-electron chi connectivity index (χ1n) is 11.6. The molecule has 7 nitrogen and oxygen atoms in total. The molecule has 35 heavy (non-hydrogen) atoms. The number of carbonyl (C=O) groups excluding carboxylic acids is 1. The van der Waals surface area contributed by atoms with Gasteiger partial charge in [0.15, 0.2) is 6.61 Å². The van der Waals surface area contributed by atoms with Crippen molar-refractivity contribution in [3.05, 3.63) is 83.9 Å². The van der Waals surface area contributed by atoms with Crippen LogP contribution < -0.4 is 19.5 Å². The van der Waals surface area contributed by atoms with E-state index >= 15 is 0 Å². The highest BCUT2D eigenvalue weighted by Gasteiger charge is 2.17. The van der Waals surface area contributed by atoms with Crippen LogP contribution in [0, 0.1) is 6.92 Å². The molecule has 0 bridgehead atoms. The van der Waals surface area contributed by atoms with Crippen molar-refractivity contribution in [2.24, 2.45) is 0 Å². The minimum absolute atomic E-state index is 0.00796. The molecule has 0 aliphatic carbocycles. The molecular weight excluding hydrogens is 464 g/mol. The molecule has 3 aromatic rings. The number of rotatable bonds is 12. The number of benzene rings is 3. The van der Waals surface area contributed by atoms with Crippen LogP contribution >= 0.6 is 0 Å². The van der Waals surface area contributed by atoms with E-state index in [1.165, 1.54) is 17.7 Å². The first-order valence-corrected chi connectivity index (χ1v) is 13.1. The van der Waals surface area contributed by atoms with Gasteiger partial charge >= 0.3 is 0 Å². The number of ether oxygens (including phenoxy) is 2. The fraction of sp³-hybridized carbons (Fsp3) is 0.296. The molecule has 0 spiro atoms. The minimum Gasteiger partial charge on any atom is -0.494 e. The van der Waals surface area contributed by atoms with Crippen LogP contribution in [-0.4, -0.2) is 33.6 Å². The molecular formula is C27H32N2O5S. The topological polar surface area (TPSA) is 93.7 Å². The predicted molar refractivity (Wildman–Crippen MR) is 137 cm³/mol. The zero-order valence-electron chi connectivity index (χ0n) is 20.3. The van der Waals surface area contributed by atoms with Gasteiger partial charge < -0.3 is 14.8 Å². The van der Waals surface area contributed by atoms with Crippen LogP contribution in [0.15, 0.2) is 77.7 Å². The quantitative estimate of drug-likeness (QED) is 0.379. The average molecular weight is 497 g/mol. The summed E-state index contributed by atoms with van der Waals surface area (Å²) in [6.07, 6.45) is 1.70. The Morgan fingerprint density at radius 3 is 2.34 bits per heavy atom. The van der Waals surface area contributed by atoms with Gasteiger partial charge in [-0.15, -0.1) is 0 Å². The van der Waals surface area contributed by atoms with Crippen molar-refractivity contribution >= 4 is 21.6 Å². The molecule has 3 rings (SSSR count). The summed E-state index contributed by atoms with van der Waals surface area (Å²) >= 11 is 0. The molecule has 0 fully saturated rings. The molecule has 0 saturated heterocycles. The van der Waals surface area contributed by atoms with Gasteiger partial charge in [0.25, 0.3) is 15.9 Å². The maximum Gasteiger partial charge on any atom is 0.261 e. The van der Waals surface area contributed by atoms with Crippen LogP contribution in [0.1, 0.15) is 31.4 Å². The van der Waals surface area contributed by atoms with E-state index in [0.717, 1.165) is 12.8 Å². The molecule has 0 heterocycles. The lowest BCUT2D eigenvalue weighted by molar-refractivity contribution is -0.123. The summed E-state index contributed by atoms with van der Waals surface area (Å²) in [6, 6.07) is 21.4. The highest BCUT2D eigenvalue weighted by atomic mass is 32.2. The van der Waals surface area contributed by atoms with E-state index in [2.05, 4.69) is 22.2 Å². The number of hydrogen-bond donors (Lipinski definition) is 2. The molecule has 3 aromatic carbocycles. The van der Waals surface area contributed by atoms with E-state index in [1.54, 1.807) is 37.3 Å². The lowest BCUT2D eigenvalue weighted by Gasteiger charge is -2.15. The Morgan fingerprint density at radius 2 is 1.69 bits per heavy atom. The fourth-order valence-corrected chi connectivity index (χ4v) is 4.65. The zero-order valence-corrected chi connectivity index (χ0v) is 21.1. The molecule has 0 aliphatic heterocycles. The van der Waals surface area contributed by atoms with Crippen molar-refractivity contribution in [3.8, 4) is 11.5 Å². The molecule has 1 atom stereocenters. The lowest BCUT2D eigenvalue weighted by atomic mass is 10.1. The number of hydrogen-bond acceptors (Lipinski definition) is 5. The van der Waals surface area contributed by atoms with Crippen molar-refractivity contribution < 1.29 is 22.7 Å². The Balaban J connectivity index is 1.52. The van der Waals surface area contributed by atoms with Gasteiger partial charge in [0.2, 0.25) is 0 Å². The minimum atomic E-state index is -3.78. The fourth-order valence-electron chi connectivity index (χ4n) is 3.51. The lowest BCUT2D eigenvalue weighted by Crippen LogP contribution is -2.36. The standard InChI is InChI=1S/C27H32N2O5S/c1-4-33-24-14-12-23(13-15-24)29-35(31,32)25-16-17-26(20(2)18-25)34-19-27(30)28-21(3)10-11-22-8-6-5-7-9-22/h5-9,12-18,21,29H,4,10-11,19H2,1-3H3,(H,28,30)/t21-/m1/s1. The number of aryl methyl sites for hydroxylation is 2. The Labute approximate surface area is 207 Å². The summed E-state index contributed by atoms with van der Waals surface area (Å²) in [7, 11) is -3.78. The Hall–Kier alpha value is -3.52. The van der Waals surface area contributed by atoms with E-state index in [0.29, 0.717) is 29.4 Å². The molecule has 8 heteroatoms. The second-order valence-electron chi connectivity index (χ2n) is 8.27. The number of carbonyl (C=O) groups is 1. The van der Waals surface area contributed by atoms with Crippen LogP contribution in [-0.2, 0) is 21.2 Å².